The lowest BCUT2D eigenvalue weighted by atomic mass is 10.0. The van der Waals surface area contributed by atoms with Crippen molar-refractivity contribution >= 4 is 11.9 Å². The fourth-order valence-electron chi connectivity index (χ4n) is 8.17. The van der Waals surface area contributed by atoms with Gasteiger partial charge in [-0.3, -0.25) is 9.59 Å². The van der Waals surface area contributed by atoms with E-state index in [1.165, 1.54) is 116 Å². The van der Waals surface area contributed by atoms with Gasteiger partial charge in [0.25, 0.3) is 0 Å². The second-order valence-corrected chi connectivity index (χ2v) is 19.0. The molecule has 68 heavy (non-hydrogen) atoms. The average molecular weight is 947 g/mol. The smallest absolute Gasteiger partial charge is 0.306 e. The summed E-state index contributed by atoms with van der Waals surface area (Å²) in [6.45, 7) is 6.34. The van der Waals surface area contributed by atoms with Gasteiger partial charge in [-0.05, 0) is 89.9 Å². The fraction of sp³-hybridized carbons (Fsp3) is 0.710. The zero-order chi connectivity index (χ0) is 49.5. The summed E-state index contributed by atoms with van der Waals surface area (Å²) >= 11 is 0. The quantitative estimate of drug-likeness (QED) is 0.0244. The first-order valence-electron chi connectivity index (χ1n) is 28.5. The molecule has 6 nitrogen and oxygen atoms in total. The lowest BCUT2D eigenvalue weighted by molar-refractivity contribution is -0.151. The summed E-state index contributed by atoms with van der Waals surface area (Å²) in [5.74, 6) is -0.579. The van der Waals surface area contributed by atoms with Gasteiger partial charge < -0.3 is 20.3 Å². The molecule has 0 aliphatic rings. The maximum Gasteiger partial charge on any atom is 0.306 e. The maximum atomic E-state index is 13.3. The fourth-order valence-corrected chi connectivity index (χ4v) is 8.17. The molecule has 3 N–H and O–H groups in total. The first kappa shape index (κ1) is 64.8. The van der Waals surface area contributed by atoms with Crippen molar-refractivity contribution in [3.05, 3.63) is 97.2 Å². The highest BCUT2D eigenvalue weighted by Gasteiger charge is 2.24. The Bertz CT molecular complexity index is 1340. The summed E-state index contributed by atoms with van der Waals surface area (Å²) in [6, 6.07) is -0.731. The number of carbonyl (C=O) groups is 2. The second kappa shape index (κ2) is 54.7. The van der Waals surface area contributed by atoms with Crippen molar-refractivity contribution in [3.8, 4) is 0 Å². The van der Waals surface area contributed by atoms with Crippen LogP contribution < -0.4 is 5.32 Å². The molecule has 0 saturated carbocycles. The van der Waals surface area contributed by atoms with E-state index in [4.69, 9.17) is 4.74 Å². The Morgan fingerprint density at radius 1 is 0.456 bits per heavy atom. The number of hydrogen-bond acceptors (Lipinski definition) is 5. The van der Waals surface area contributed by atoms with E-state index in [-0.39, 0.29) is 24.9 Å². The molecule has 0 heterocycles. The summed E-state index contributed by atoms with van der Waals surface area (Å²) in [5.41, 5.74) is 0. The molecule has 0 rings (SSSR count). The molecule has 0 aliphatic heterocycles. The predicted molar refractivity (Wildman–Crippen MR) is 296 cm³/mol. The Hall–Kier alpha value is -3.22. The van der Waals surface area contributed by atoms with Crippen LogP contribution in [0.15, 0.2) is 97.2 Å². The maximum absolute atomic E-state index is 13.3. The zero-order valence-electron chi connectivity index (χ0n) is 44.5. The highest BCUT2D eigenvalue weighted by atomic mass is 16.5. The minimum absolute atomic E-state index is 0.0275. The van der Waals surface area contributed by atoms with Gasteiger partial charge >= 0.3 is 5.97 Å². The van der Waals surface area contributed by atoms with Crippen LogP contribution in [-0.4, -0.2) is 46.9 Å². The van der Waals surface area contributed by atoms with Crippen LogP contribution in [0.5, 0.6) is 0 Å². The number of hydrogen-bond donors (Lipinski definition) is 3. The Labute approximate surface area is 420 Å². The lowest BCUT2D eigenvalue weighted by Crippen LogP contribution is -2.46. The molecule has 6 heteroatoms. The van der Waals surface area contributed by atoms with Gasteiger partial charge in [0.2, 0.25) is 5.91 Å². The zero-order valence-corrected chi connectivity index (χ0v) is 44.5. The van der Waals surface area contributed by atoms with Gasteiger partial charge in [0.1, 0.15) is 6.10 Å². The van der Waals surface area contributed by atoms with Gasteiger partial charge in [0, 0.05) is 6.42 Å². The number of esters is 1. The molecular formula is C62H107NO5. The van der Waals surface area contributed by atoms with E-state index in [9.17, 15) is 19.8 Å². The first-order chi connectivity index (χ1) is 33.5. The topological polar surface area (TPSA) is 95.9 Å². The number of aliphatic hydroxyl groups excluding tert-OH is 2. The standard InChI is InChI=1S/C62H107NO5/c1-4-7-10-13-16-19-22-25-28-31-34-37-40-43-46-49-52-55-62(67)68-58(53-50-47-44-41-38-35-32-29-26-23-20-17-14-11-8-5-2)56-61(66)63-59(57-64)60(65)54-51-48-45-42-39-36-33-30-27-24-21-18-15-12-9-6-3/h7,10,16,19,23,25-26,28-29,32,34-35,37-38,43,46,58-60,64-65H,4-6,8-9,11-15,17-18,20-22,24,27,30-31,33,36,39-42,44-45,47-57H2,1-3H3,(H,63,66)/b10-7-,19-16-,26-23+,28-25-,32-29+,37-34-,38-35+,46-43-. The van der Waals surface area contributed by atoms with Gasteiger partial charge in [-0.15, -0.1) is 0 Å². The molecule has 3 unspecified atom stereocenters. The third-order valence-electron chi connectivity index (χ3n) is 12.5. The largest absolute Gasteiger partial charge is 0.462 e. The summed E-state index contributed by atoms with van der Waals surface area (Å²) in [6.07, 6.45) is 73.3. The van der Waals surface area contributed by atoms with Crippen LogP contribution in [0, 0.1) is 0 Å². The van der Waals surface area contributed by atoms with Crippen LogP contribution in [0.2, 0.25) is 0 Å². The molecule has 0 fully saturated rings. The molecule has 390 valence electrons. The van der Waals surface area contributed by atoms with Crippen molar-refractivity contribution in [1.29, 1.82) is 0 Å². The molecule has 0 aromatic heterocycles. The van der Waals surface area contributed by atoms with E-state index in [0.717, 1.165) is 89.9 Å². The van der Waals surface area contributed by atoms with Crippen LogP contribution in [-0.2, 0) is 14.3 Å². The van der Waals surface area contributed by atoms with Crippen LogP contribution in [0.4, 0.5) is 0 Å². The van der Waals surface area contributed by atoms with E-state index in [1.807, 2.05) is 0 Å². The number of allylic oxidation sites excluding steroid dienone is 16. The van der Waals surface area contributed by atoms with E-state index < -0.39 is 18.2 Å². The third kappa shape index (κ3) is 49.2. The average Bonchev–Trinajstić information content (AvgIpc) is 3.33. The van der Waals surface area contributed by atoms with Crippen molar-refractivity contribution in [2.45, 2.75) is 277 Å². The number of unbranched alkanes of at least 4 members (excludes halogenated alkanes) is 24. The summed E-state index contributed by atoms with van der Waals surface area (Å²) in [7, 11) is 0. The van der Waals surface area contributed by atoms with Crippen LogP contribution in [0.1, 0.15) is 258 Å². The molecule has 0 bridgehead atoms. The Kier molecular flexibility index (Phi) is 52.1. The summed E-state index contributed by atoms with van der Waals surface area (Å²) in [5, 5.41) is 23.9. The summed E-state index contributed by atoms with van der Waals surface area (Å²) < 4.78 is 5.91. The number of amides is 1. The van der Waals surface area contributed by atoms with Crippen molar-refractivity contribution < 1.29 is 24.5 Å². The number of carbonyl (C=O) groups excluding carboxylic acids is 2. The van der Waals surface area contributed by atoms with Crippen molar-refractivity contribution in [2.24, 2.45) is 0 Å². The molecule has 0 aromatic rings. The highest BCUT2D eigenvalue weighted by molar-refractivity contribution is 5.77. The normalized spacial score (nSPS) is 13.9. The van der Waals surface area contributed by atoms with Crippen LogP contribution in [0.25, 0.3) is 0 Å². The van der Waals surface area contributed by atoms with Gasteiger partial charge in [0.15, 0.2) is 0 Å². The molecular weight excluding hydrogens is 839 g/mol. The van der Waals surface area contributed by atoms with Crippen molar-refractivity contribution in [1.82, 2.24) is 5.32 Å². The highest BCUT2D eigenvalue weighted by Crippen LogP contribution is 2.17. The lowest BCUT2D eigenvalue weighted by Gasteiger charge is -2.24. The Balaban J connectivity index is 4.72. The number of nitrogens with one attached hydrogen (secondary N) is 1. The predicted octanol–water partition coefficient (Wildman–Crippen LogP) is 17.7. The van der Waals surface area contributed by atoms with Gasteiger partial charge in [0.05, 0.1) is 25.2 Å². The van der Waals surface area contributed by atoms with Crippen molar-refractivity contribution in [3.63, 3.8) is 0 Å². The van der Waals surface area contributed by atoms with E-state index >= 15 is 0 Å². The molecule has 0 radical (unpaired) electrons. The second-order valence-electron chi connectivity index (χ2n) is 19.0. The number of rotatable bonds is 50. The van der Waals surface area contributed by atoms with Crippen LogP contribution in [0.3, 0.4) is 0 Å². The van der Waals surface area contributed by atoms with Crippen LogP contribution >= 0.6 is 0 Å². The SMILES string of the molecule is CC/C=C\C/C=C\C/C=C\C/C=C\C/C=C\CCCC(=O)OC(CCCCC/C=C/C=C/C=C/CCCCCCC)CC(=O)NC(CO)C(O)CCCCCCCCCCCCCCCCCC. The monoisotopic (exact) mass is 946 g/mol. The van der Waals surface area contributed by atoms with Crippen molar-refractivity contribution in [2.75, 3.05) is 6.61 Å². The molecule has 0 aromatic carbocycles. The molecule has 0 spiro atoms. The van der Waals surface area contributed by atoms with E-state index in [1.54, 1.807) is 0 Å². The molecule has 1 amide bonds. The minimum atomic E-state index is -0.813. The number of aliphatic hydroxyl groups is 2. The first-order valence-corrected chi connectivity index (χ1v) is 28.5. The minimum Gasteiger partial charge on any atom is -0.462 e. The van der Waals surface area contributed by atoms with E-state index in [2.05, 4.69) is 123 Å². The molecule has 0 saturated heterocycles. The Morgan fingerprint density at radius 2 is 0.853 bits per heavy atom. The molecule has 3 atom stereocenters. The van der Waals surface area contributed by atoms with E-state index in [0.29, 0.717) is 25.7 Å². The third-order valence-corrected chi connectivity index (χ3v) is 12.5. The molecule has 0 aliphatic carbocycles. The number of ether oxygens (including phenoxy) is 1. The van der Waals surface area contributed by atoms with Gasteiger partial charge in [-0.1, -0.05) is 253 Å². The van der Waals surface area contributed by atoms with Gasteiger partial charge in [-0.25, -0.2) is 0 Å². The van der Waals surface area contributed by atoms with Gasteiger partial charge in [-0.2, -0.15) is 0 Å². The Morgan fingerprint density at radius 3 is 1.32 bits per heavy atom. The summed E-state index contributed by atoms with van der Waals surface area (Å²) in [4.78, 5) is 26.2.